The number of ether oxygens (including phenoxy) is 1. The van der Waals surface area contributed by atoms with Crippen molar-refractivity contribution in [3.05, 3.63) is 59.9 Å². The lowest BCUT2D eigenvalue weighted by molar-refractivity contribution is -0.118. The van der Waals surface area contributed by atoms with Crippen molar-refractivity contribution in [1.82, 2.24) is 10.6 Å². The molecule has 0 aliphatic rings. The Bertz CT molecular complexity index is 750. The van der Waals surface area contributed by atoms with Crippen molar-refractivity contribution < 1.29 is 18.7 Å². The van der Waals surface area contributed by atoms with E-state index in [1.54, 1.807) is 36.4 Å². The molecule has 0 fully saturated rings. The molecule has 0 atom stereocenters. The van der Waals surface area contributed by atoms with Crippen LogP contribution in [-0.2, 0) is 11.4 Å². The zero-order valence-electron chi connectivity index (χ0n) is 15.3. The van der Waals surface area contributed by atoms with Gasteiger partial charge in [-0.1, -0.05) is 31.5 Å². The molecule has 2 rings (SSSR count). The van der Waals surface area contributed by atoms with Crippen LogP contribution in [0.4, 0.5) is 14.9 Å². The molecule has 6 nitrogen and oxygen atoms in total. The fourth-order valence-electron chi connectivity index (χ4n) is 2.22. The molecule has 7 heteroatoms. The third kappa shape index (κ3) is 7.77. The number of hydrogen-bond acceptors (Lipinski definition) is 4. The van der Waals surface area contributed by atoms with Gasteiger partial charge in [-0.2, -0.15) is 0 Å². The van der Waals surface area contributed by atoms with E-state index in [4.69, 9.17) is 4.74 Å². The number of benzene rings is 2. The molecule has 0 saturated carbocycles. The highest BCUT2D eigenvalue weighted by molar-refractivity contribution is 5.96. The van der Waals surface area contributed by atoms with Crippen molar-refractivity contribution >= 4 is 17.6 Å². The van der Waals surface area contributed by atoms with Crippen LogP contribution in [0.3, 0.4) is 0 Å². The minimum Gasteiger partial charge on any atom is -0.489 e. The number of anilines is 1. The zero-order chi connectivity index (χ0) is 19.5. The number of halogens is 1. The summed E-state index contributed by atoms with van der Waals surface area (Å²) in [6.07, 6.45) is 1.83. The summed E-state index contributed by atoms with van der Waals surface area (Å²) in [5, 5.41) is 7.82. The van der Waals surface area contributed by atoms with Crippen molar-refractivity contribution in [3.63, 3.8) is 0 Å². The second kappa shape index (κ2) is 10.8. The third-order valence-electron chi connectivity index (χ3n) is 3.67. The van der Waals surface area contributed by atoms with E-state index < -0.39 is 11.9 Å². The van der Waals surface area contributed by atoms with Crippen LogP contribution >= 0.6 is 0 Å². The summed E-state index contributed by atoms with van der Waals surface area (Å²) < 4.78 is 18.6. The Labute approximate surface area is 158 Å². The topological polar surface area (TPSA) is 79.5 Å². The largest absolute Gasteiger partial charge is 0.489 e. The Hall–Kier alpha value is -3.09. The first-order valence-electron chi connectivity index (χ1n) is 8.85. The van der Waals surface area contributed by atoms with E-state index in [1.807, 2.05) is 6.92 Å². The Morgan fingerprint density at radius 2 is 1.89 bits per heavy atom. The van der Waals surface area contributed by atoms with E-state index >= 15 is 0 Å². The van der Waals surface area contributed by atoms with Crippen LogP contribution in [0.15, 0.2) is 48.5 Å². The van der Waals surface area contributed by atoms with E-state index in [0.29, 0.717) is 24.6 Å². The van der Waals surface area contributed by atoms with E-state index in [1.165, 1.54) is 12.1 Å². The van der Waals surface area contributed by atoms with Crippen LogP contribution in [0.5, 0.6) is 5.75 Å². The predicted octanol–water partition coefficient (Wildman–Crippen LogP) is 3.44. The monoisotopic (exact) mass is 373 g/mol. The first kappa shape index (κ1) is 20.2. The molecule has 2 aromatic carbocycles. The van der Waals surface area contributed by atoms with Gasteiger partial charge in [0.2, 0.25) is 5.91 Å². The Morgan fingerprint density at radius 3 is 2.63 bits per heavy atom. The van der Waals surface area contributed by atoms with Crippen LogP contribution in [0.2, 0.25) is 0 Å². The predicted molar refractivity (Wildman–Crippen MR) is 102 cm³/mol. The van der Waals surface area contributed by atoms with Gasteiger partial charge in [-0.25, -0.2) is 9.18 Å². The summed E-state index contributed by atoms with van der Waals surface area (Å²) in [6.45, 7) is 2.83. The quantitative estimate of drug-likeness (QED) is 0.588. The normalized spacial score (nSPS) is 10.1. The van der Waals surface area contributed by atoms with Gasteiger partial charge in [-0.05, 0) is 36.2 Å². The van der Waals surface area contributed by atoms with Crippen LogP contribution in [0, 0.1) is 5.82 Å². The number of urea groups is 1. The number of rotatable bonds is 9. The third-order valence-corrected chi connectivity index (χ3v) is 3.67. The zero-order valence-corrected chi connectivity index (χ0v) is 15.3. The molecule has 0 radical (unpaired) electrons. The van der Waals surface area contributed by atoms with Crippen molar-refractivity contribution in [2.45, 2.75) is 26.4 Å². The number of carbonyl (C=O) groups is 2. The first-order valence-corrected chi connectivity index (χ1v) is 8.85. The second-order valence-electron chi connectivity index (χ2n) is 5.95. The van der Waals surface area contributed by atoms with Crippen LogP contribution in [-0.4, -0.2) is 25.0 Å². The highest BCUT2D eigenvalue weighted by Crippen LogP contribution is 2.18. The summed E-state index contributed by atoms with van der Waals surface area (Å²) in [7, 11) is 0. The van der Waals surface area contributed by atoms with Crippen molar-refractivity contribution in [1.29, 1.82) is 0 Å². The van der Waals surface area contributed by atoms with Crippen molar-refractivity contribution in [2.75, 3.05) is 18.4 Å². The molecule has 0 aromatic heterocycles. The molecule has 3 N–H and O–H groups in total. The molecule has 0 saturated heterocycles. The van der Waals surface area contributed by atoms with Gasteiger partial charge < -0.3 is 15.4 Å². The smallest absolute Gasteiger partial charge is 0.321 e. The van der Waals surface area contributed by atoms with E-state index in [-0.39, 0.29) is 12.4 Å². The van der Waals surface area contributed by atoms with Crippen LogP contribution in [0.25, 0.3) is 0 Å². The Morgan fingerprint density at radius 1 is 1.11 bits per heavy atom. The lowest BCUT2D eigenvalue weighted by atomic mass is 10.2. The van der Waals surface area contributed by atoms with Crippen LogP contribution in [0.1, 0.15) is 25.3 Å². The number of imide groups is 1. The molecule has 0 unspecified atom stereocenters. The van der Waals surface area contributed by atoms with E-state index in [9.17, 15) is 14.0 Å². The minimum atomic E-state index is -0.494. The molecule has 27 heavy (non-hydrogen) atoms. The summed E-state index contributed by atoms with van der Waals surface area (Å²) in [5.41, 5.74) is 1.54. The van der Waals surface area contributed by atoms with Gasteiger partial charge >= 0.3 is 6.03 Å². The molecule has 0 heterocycles. The number of carbonyl (C=O) groups excluding carboxylic acids is 2. The maximum absolute atomic E-state index is 12.9. The SMILES string of the molecule is CCCCNC(=O)NC(=O)CNc1cccc(OCc2ccc(F)cc2)c1. The summed E-state index contributed by atoms with van der Waals surface area (Å²) in [6, 6.07) is 12.7. The van der Waals surface area contributed by atoms with E-state index in [2.05, 4.69) is 16.0 Å². The maximum Gasteiger partial charge on any atom is 0.321 e. The fraction of sp³-hybridized carbons (Fsp3) is 0.300. The maximum atomic E-state index is 12.9. The number of amides is 3. The lowest BCUT2D eigenvalue weighted by Crippen LogP contribution is -2.42. The fourth-order valence-corrected chi connectivity index (χ4v) is 2.22. The molecule has 0 aliphatic carbocycles. The highest BCUT2D eigenvalue weighted by atomic mass is 19.1. The molecule has 0 bridgehead atoms. The van der Waals surface area contributed by atoms with Gasteiger partial charge in [-0.3, -0.25) is 10.1 Å². The molecule has 144 valence electrons. The summed E-state index contributed by atoms with van der Waals surface area (Å²) in [4.78, 5) is 23.3. The number of nitrogens with one attached hydrogen (secondary N) is 3. The minimum absolute atomic E-state index is 0.0391. The summed E-state index contributed by atoms with van der Waals surface area (Å²) in [5.74, 6) is -0.106. The van der Waals surface area contributed by atoms with Gasteiger partial charge in [0.1, 0.15) is 18.2 Å². The molecule has 3 amide bonds. The molecular weight excluding hydrogens is 349 g/mol. The number of hydrogen-bond donors (Lipinski definition) is 3. The van der Waals surface area contributed by atoms with Gasteiger partial charge in [0, 0.05) is 18.3 Å². The highest BCUT2D eigenvalue weighted by Gasteiger charge is 2.07. The standard InChI is InChI=1S/C20H24FN3O3/c1-2-3-11-22-20(26)24-19(25)13-23-17-5-4-6-18(12-17)27-14-15-7-9-16(21)10-8-15/h4-10,12,23H,2-3,11,13-14H2,1H3,(H2,22,24,25,26). The molecular formula is C20H24FN3O3. The Balaban J connectivity index is 1.76. The number of unbranched alkanes of at least 4 members (excludes halogenated alkanes) is 1. The van der Waals surface area contributed by atoms with Gasteiger partial charge in [0.05, 0.1) is 6.54 Å². The summed E-state index contributed by atoms with van der Waals surface area (Å²) >= 11 is 0. The van der Waals surface area contributed by atoms with Gasteiger partial charge in [0.15, 0.2) is 0 Å². The molecule has 2 aromatic rings. The van der Waals surface area contributed by atoms with E-state index in [0.717, 1.165) is 18.4 Å². The average Bonchev–Trinajstić information content (AvgIpc) is 2.66. The van der Waals surface area contributed by atoms with Crippen molar-refractivity contribution in [3.8, 4) is 5.75 Å². The van der Waals surface area contributed by atoms with Crippen molar-refractivity contribution in [2.24, 2.45) is 0 Å². The average molecular weight is 373 g/mol. The lowest BCUT2D eigenvalue weighted by Gasteiger charge is -2.10. The molecule has 0 spiro atoms. The Kier molecular flexibility index (Phi) is 8.09. The molecule has 0 aliphatic heterocycles. The van der Waals surface area contributed by atoms with Gasteiger partial charge in [-0.15, -0.1) is 0 Å². The van der Waals surface area contributed by atoms with Gasteiger partial charge in [0.25, 0.3) is 0 Å². The second-order valence-corrected chi connectivity index (χ2v) is 5.95. The van der Waals surface area contributed by atoms with Crippen LogP contribution < -0.4 is 20.7 Å². The first-order chi connectivity index (χ1) is 13.1.